The number of nitrogens with zero attached hydrogens (tertiary/aromatic N) is 6. The molecule has 1 saturated heterocycles. The van der Waals surface area contributed by atoms with Gasteiger partial charge >= 0.3 is 0 Å². The molecule has 1 aromatic carbocycles. The number of hydrogen-bond donors (Lipinski definition) is 1. The van der Waals surface area contributed by atoms with Crippen LogP contribution in [0.1, 0.15) is 30.9 Å². The number of carbonyl (C=O) groups is 1. The first-order valence-electron chi connectivity index (χ1n) is 12.2. The molecule has 2 aromatic heterocycles. The molecule has 0 aliphatic carbocycles. The Morgan fingerprint density at radius 3 is 2.83 bits per heavy atom. The number of halogens is 1. The minimum absolute atomic E-state index is 0. The first kappa shape index (κ1) is 26.1. The van der Waals surface area contributed by atoms with Crippen LogP contribution in [0.2, 0.25) is 0 Å². The minimum atomic E-state index is 0. The summed E-state index contributed by atoms with van der Waals surface area (Å²) in [7, 11) is 3.42. The van der Waals surface area contributed by atoms with Crippen LogP contribution in [0.15, 0.2) is 24.5 Å². The Balaban J connectivity index is 0.00000304. The van der Waals surface area contributed by atoms with E-state index < -0.39 is 0 Å². The lowest BCUT2D eigenvalue weighted by Gasteiger charge is -2.29. The molecule has 4 heterocycles. The monoisotopic (exact) mass is 515 g/mol. The van der Waals surface area contributed by atoms with Crippen LogP contribution < -0.4 is 10.1 Å². The number of amides is 1. The van der Waals surface area contributed by atoms with E-state index in [0.29, 0.717) is 12.5 Å². The zero-order valence-electron chi connectivity index (χ0n) is 21.1. The van der Waals surface area contributed by atoms with Gasteiger partial charge in [-0.05, 0) is 42.5 Å². The number of hydrogen-bond acceptors (Lipinski definition) is 8. The van der Waals surface area contributed by atoms with E-state index in [2.05, 4.69) is 32.4 Å². The fourth-order valence-corrected chi connectivity index (χ4v) is 5.14. The molecule has 11 heteroatoms. The van der Waals surface area contributed by atoms with Crippen molar-refractivity contribution in [2.24, 2.45) is 0 Å². The molecule has 3 aromatic rings. The van der Waals surface area contributed by atoms with Crippen LogP contribution >= 0.6 is 12.4 Å². The van der Waals surface area contributed by atoms with Gasteiger partial charge in [0, 0.05) is 46.4 Å². The number of ether oxygens (including phenoxy) is 2. The Morgan fingerprint density at radius 1 is 1.19 bits per heavy atom. The molecule has 0 saturated carbocycles. The van der Waals surface area contributed by atoms with Crippen LogP contribution in [-0.4, -0.2) is 82.0 Å². The van der Waals surface area contributed by atoms with E-state index in [9.17, 15) is 4.79 Å². The van der Waals surface area contributed by atoms with Crippen molar-refractivity contribution >= 4 is 41.0 Å². The second-order valence-electron chi connectivity index (χ2n) is 9.27. The molecule has 36 heavy (non-hydrogen) atoms. The topological polar surface area (TPSA) is 97.6 Å². The molecule has 10 nitrogen and oxygen atoms in total. The average molecular weight is 516 g/mol. The van der Waals surface area contributed by atoms with Crippen LogP contribution in [0.5, 0.6) is 5.75 Å². The molecule has 1 amide bonds. The first-order valence-corrected chi connectivity index (χ1v) is 12.2. The molecule has 0 radical (unpaired) electrons. The fourth-order valence-electron chi connectivity index (χ4n) is 5.14. The Labute approximate surface area is 217 Å². The molecule has 1 N–H and O–H groups in total. The number of methoxy groups -OCH3 is 2. The van der Waals surface area contributed by atoms with Crippen LogP contribution in [0.4, 0.5) is 11.6 Å². The largest absolute Gasteiger partial charge is 0.495 e. The highest BCUT2D eigenvalue weighted by Crippen LogP contribution is 2.33. The van der Waals surface area contributed by atoms with E-state index in [1.54, 1.807) is 33.5 Å². The van der Waals surface area contributed by atoms with Gasteiger partial charge in [-0.1, -0.05) is 0 Å². The second-order valence-corrected chi connectivity index (χ2v) is 9.27. The Bertz CT molecular complexity index is 1220. The van der Waals surface area contributed by atoms with E-state index in [1.807, 2.05) is 9.58 Å². The van der Waals surface area contributed by atoms with Crippen molar-refractivity contribution in [3.05, 3.63) is 35.7 Å². The lowest BCUT2D eigenvalue weighted by atomic mass is 9.98. The van der Waals surface area contributed by atoms with Gasteiger partial charge in [-0.25, -0.2) is 9.67 Å². The maximum atomic E-state index is 12.0. The summed E-state index contributed by atoms with van der Waals surface area (Å²) in [5.74, 6) is 1.37. The molecular weight excluding hydrogens is 482 g/mol. The number of aromatic nitrogens is 4. The molecule has 1 unspecified atom stereocenters. The van der Waals surface area contributed by atoms with Gasteiger partial charge in [0.05, 0.1) is 43.6 Å². The van der Waals surface area contributed by atoms with Crippen molar-refractivity contribution in [1.29, 1.82) is 0 Å². The highest BCUT2D eigenvalue weighted by molar-refractivity contribution is 5.85. The summed E-state index contributed by atoms with van der Waals surface area (Å²) in [5, 5.41) is 8.77. The molecule has 2 aliphatic rings. The first-order chi connectivity index (χ1) is 17.1. The van der Waals surface area contributed by atoms with Gasteiger partial charge in [0.1, 0.15) is 5.75 Å². The predicted molar refractivity (Wildman–Crippen MR) is 140 cm³/mol. The summed E-state index contributed by atoms with van der Waals surface area (Å²) in [5.41, 5.74) is 4.17. The summed E-state index contributed by atoms with van der Waals surface area (Å²) >= 11 is 0. The van der Waals surface area contributed by atoms with Crippen LogP contribution in [0.25, 0.3) is 11.0 Å². The summed E-state index contributed by atoms with van der Waals surface area (Å²) < 4.78 is 12.8. The molecule has 194 valence electrons. The van der Waals surface area contributed by atoms with E-state index in [0.717, 1.165) is 74.5 Å². The standard InChI is InChI=1S/C25H33N7O3.ClH/c1-17(33)31-7-4-5-21(31)16-32-24-20(14-27-32)13-26-25(29-24)28-22-11-19-15-30(9-10-34-2)8-6-18(19)12-23(22)35-3;/h11-14,21H,4-10,15-16H2,1-3H3,(H,26,28,29);1H. The third kappa shape index (κ3) is 5.40. The number of likely N-dealkylation sites (tertiary alicyclic amines) is 1. The van der Waals surface area contributed by atoms with Gasteiger partial charge < -0.3 is 19.7 Å². The summed E-state index contributed by atoms with van der Waals surface area (Å²) in [6, 6.07) is 4.40. The molecule has 0 spiro atoms. The fraction of sp³-hybridized carbons (Fsp3) is 0.520. The number of nitrogens with one attached hydrogen (secondary N) is 1. The van der Waals surface area contributed by atoms with E-state index in [4.69, 9.17) is 14.5 Å². The zero-order valence-corrected chi connectivity index (χ0v) is 21.9. The van der Waals surface area contributed by atoms with Crippen LogP contribution in [-0.2, 0) is 29.0 Å². The minimum Gasteiger partial charge on any atom is -0.495 e. The third-order valence-electron chi connectivity index (χ3n) is 7.01. The Morgan fingerprint density at radius 2 is 2.06 bits per heavy atom. The van der Waals surface area contributed by atoms with E-state index in [1.165, 1.54) is 11.1 Å². The zero-order chi connectivity index (χ0) is 24.4. The van der Waals surface area contributed by atoms with Gasteiger partial charge in [-0.2, -0.15) is 10.1 Å². The average Bonchev–Trinajstić information content (AvgIpc) is 3.49. The lowest BCUT2D eigenvalue weighted by Crippen LogP contribution is -2.36. The number of benzene rings is 1. The van der Waals surface area contributed by atoms with Crippen LogP contribution in [0.3, 0.4) is 0 Å². The van der Waals surface area contributed by atoms with Gasteiger partial charge in [0.25, 0.3) is 0 Å². The number of rotatable bonds is 8. The number of anilines is 2. The quantitative estimate of drug-likeness (QED) is 0.489. The SMILES string of the molecule is COCCN1CCc2cc(OC)c(Nc3ncc4cnn(CC5CCCN5C(C)=O)c4n3)cc2C1.Cl. The van der Waals surface area contributed by atoms with Crippen molar-refractivity contribution in [1.82, 2.24) is 29.5 Å². The third-order valence-corrected chi connectivity index (χ3v) is 7.01. The second kappa shape index (κ2) is 11.4. The summed E-state index contributed by atoms with van der Waals surface area (Å²) in [4.78, 5) is 25.6. The van der Waals surface area contributed by atoms with E-state index >= 15 is 0 Å². The van der Waals surface area contributed by atoms with Gasteiger partial charge in [-0.3, -0.25) is 9.69 Å². The summed E-state index contributed by atoms with van der Waals surface area (Å²) in [6.07, 6.45) is 6.54. The highest BCUT2D eigenvalue weighted by Gasteiger charge is 2.27. The van der Waals surface area contributed by atoms with Crippen molar-refractivity contribution < 1.29 is 14.3 Å². The smallest absolute Gasteiger partial charge is 0.229 e. The Kier molecular flexibility index (Phi) is 8.28. The van der Waals surface area contributed by atoms with Gasteiger partial charge in [0.2, 0.25) is 11.9 Å². The van der Waals surface area contributed by atoms with Crippen molar-refractivity contribution in [2.45, 2.75) is 45.3 Å². The van der Waals surface area contributed by atoms with Gasteiger partial charge in [-0.15, -0.1) is 12.4 Å². The van der Waals surface area contributed by atoms with Gasteiger partial charge in [0.15, 0.2) is 5.65 Å². The molecule has 1 atom stereocenters. The molecular formula is C25H34ClN7O3. The lowest BCUT2D eigenvalue weighted by molar-refractivity contribution is -0.129. The molecule has 2 aliphatic heterocycles. The number of fused-ring (bicyclic) bond motifs is 2. The highest BCUT2D eigenvalue weighted by atomic mass is 35.5. The van der Waals surface area contributed by atoms with Crippen LogP contribution in [0, 0.1) is 0 Å². The van der Waals surface area contributed by atoms with Crippen molar-refractivity contribution in [3.63, 3.8) is 0 Å². The normalized spacial score (nSPS) is 17.6. The molecule has 5 rings (SSSR count). The number of carbonyl (C=O) groups excluding carboxylic acids is 1. The van der Waals surface area contributed by atoms with Crippen molar-refractivity contribution in [2.75, 3.05) is 45.8 Å². The van der Waals surface area contributed by atoms with Crippen molar-refractivity contribution in [3.8, 4) is 5.75 Å². The Hall–Kier alpha value is -2.95. The maximum Gasteiger partial charge on any atom is 0.229 e. The molecule has 1 fully saturated rings. The molecule has 0 bridgehead atoms. The predicted octanol–water partition coefficient (Wildman–Crippen LogP) is 3.02. The maximum absolute atomic E-state index is 12.0. The van der Waals surface area contributed by atoms with E-state index in [-0.39, 0.29) is 24.4 Å². The summed E-state index contributed by atoms with van der Waals surface area (Å²) in [6.45, 7) is 6.59.